The number of fused-ring (bicyclic) bond motifs is 6. The molecule has 6 heteroatoms. The fourth-order valence-electron chi connectivity index (χ4n) is 2.54. The first-order valence-corrected chi connectivity index (χ1v) is 5.72. The van der Waals surface area contributed by atoms with Crippen LogP contribution in [-0.2, 0) is 0 Å². The Bertz CT molecular complexity index is 635. The van der Waals surface area contributed by atoms with Crippen molar-refractivity contribution in [3.8, 4) is 5.69 Å². The van der Waals surface area contributed by atoms with Gasteiger partial charge >= 0.3 is 0 Å². The lowest BCUT2D eigenvalue weighted by molar-refractivity contribution is 0.162. The molecule has 1 aromatic carbocycles. The molecule has 90 valence electrons. The summed E-state index contributed by atoms with van der Waals surface area (Å²) in [6.45, 7) is -0.104. The fraction of sp³-hybridized carbons (Fsp3) is 0.167. The second-order valence-corrected chi connectivity index (χ2v) is 4.24. The molecule has 0 aliphatic carbocycles. The van der Waals surface area contributed by atoms with E-state index in [1.165, 1.54) is 0 Å². The molecule has 1 aromatic heterocycles. The maximum Gasteiger partial charge on any atom is 0.171 e. The molecule has 2 aliphatic rings. The minimum absolute atomic E-state index is 0.104. The van der Waals surface area contributed by atoms with E-state index < -0.39 is 0 Å². The summed E-state index contributed by atoms with van der Waals surface area (Å²) in [7, 11) is 0. The van der Waals surface area contributed by atoms with Gasteiger partial charge in [-0.2, -0.15) is 0 Å². The molecule has 0 radical (unpaired) electrons. The van der Waals surface area contributed by atoms with E-state index in [0.29, 0.717) is 0 Å². The van der Waals surface area contributed by atoms with E-state index >= 15 is 0 Å². The van der Waals surface area contributed by atoms with Crippen molar-refractivity contribution >= 4 is 12.2 Å². The number of hydrogen-bond donors (Lipinski definition) is 1. The molecule has 18 heavy (non-hydrogen) atoms. The molecule has 1 atom stereocenters. The van der Waals surface area contributed by atoms with Crippen molar-refractivity contribution in [1.29, 1.82) is 0 Å². The smallest absolute Gasteiger partial charge is 0.171 e. The van der Waals surface area contributed by atoms with Crippen molar-refractivity contribution in [3.63, 3.8) is 0 Å². The van der Waals surface area contributed by atoms with E-state index in [1.807, 2.05) is 27.8 Å². The first-order valence-electron chi connectivity index (χ1n) is 5.72. The van der Waals surface area contributed by atoms with Crippen LogP contribution in [0.4, 0.5) is 5.82 Å². The molecule has 0 spiro atoms. The Balaban J connectivity index is 1.98. The molecule has 0 bridgehead atoms. The second kappa shape index (κ2) is 3.33. The van der Waals surface area contributed by atoms with E-state index in [2.05, 4.69) is 16.0 Å². The van der Waals surface area contributed by atoms with Crippen LogP contribution in [0.1, 0.15) is 11.7 Å². The van der Waals surface area contributed by atoms with Gasteiger partial charge in [0.2, 0.25) is 0 Å². The van der Waals surface area contributed by atoms with Crippen molar-refractivity contribution in [1.82, 2.24) is 14.6 Å². The van der Waals surface area contributed by atoms with Crippen LogP contribution in [0, 0.1) is 0 Å². The van der Waals surface area contributed by atoms with Crippen LogP contribution >= 0.6 is 0 Å². The van der Waals surface area contributed by atoms with E-state index in [-0.39, 0.29) is 12.9 Å². The van der Waals surface area contributed by atoms with Gasteiger partial charge < -0.3 is 5.11 Å². The molecule has 1 unspecified atom stereocenters. The average Bonchev–Trinajstić information content (AvgIpc) is 3.05. The first-order chi connectivity index (χ1) is 8.90. The number of nitrogens with zero attached hydrogens (tertiary/aromatic N) is 5. The molecule has 6 nitrogen and oxygen atoms in total. The van der Waals surface area contributed by atoms with Gasteiger partial charge in [-0.25, -0.2) is 20.0 Å². The van der Waals surface area contributed by atoms with Gasteiger partial charge in [0.15, 0.2) is 12.0 Å². The van der Waals surface area contributed by atoms with Gasteiger partial charge in [-0.05, 0) is 6.07 Å². The van der Waals surface area contributed by atoms with E-state index in [4.69, 9.17) is 0 Å². The molecular weight excluding hydrogens is 230 g/mol. The predicted molar refractivity (Wildman–Crippen MR) is 66.2 cm³/mol. The number of aliphatic imine (C=N–C) groups is 1. The standard InChI is InChI=1S/C12H11N5O/c18-8-15-7-14-12-9-3-1-2-4-10(9)16-6-13-5-11(16)17(12)15/h1-7,12,18H,8H2. The summed E-state index contributed by atoms with van der Waals surface area (Å²) in [6, 6.07) is 8.10. The first kappa shape index (κ1) is 9.67. The molecule has 2 aromatic rings. The van der Waals surface area contributed by atoms with Crippen LogP contribution in [0.15, 0.2) is 41.8 Å². The van der Waals surface area contributed by atoms with Gasteiger partial charge in [0.1, 0.15) is 19.4 Å². The van der Waals surface area contributed by atoms with Crippen molar-refractivity contribution < 1.29 is 5.11 Å². The van der Waals surface area contributed by atoms with Crippen LogP contribution in [0.5, 0.6) is 0 Å². The Kier molecular flexibility index (Phi) is 1.79. The van der Waals surface area contributed by atoms with Crippen LogP contribution in [0.2, 0.25) is 0 Å². The number of rotatable bonds is 1. The predicted octanol–water partition coefficient (Wildman–Crippen LogP) is 0.900. The number of imidazole rings is 1. The molecule has 0 saturated heterocycles. The lowest BCUT2D eigenvalue weighted by Crippen LogP contribution is -2.42. The normalized spacial score (nSPS) is 19.7. The maximum absolute atomic E-state index is 9.38. The lowest BCUT2D eigenvalue weighted by Gasteiger charge is -2.36. The van der Waals surface area contributed by atoms with E-state index in [1.54, 1.807) is 23.9 Å². The third kappa shape index (κ3) is 1.05. The molecule has 2 aliphatic heterocycles. The second-order valence-electron chi connectivity index (χ2n) is 4.24. The third-order valence-electron chi connectivity index (χ3n) is 3.32. The summed E-state index contributed by atoms with van der Waals surface area (Å²) in [5, 5.41) is 13.0. The van der Waals surface area contributed by atoms with Gasteiger partial charge in [0.05, 0.1) is 11.9 Å². The van der Waals surface area contributed by atoms with E-state index in [0.717, 1.165) is 17.1 Å². The number of anilines is 1. The number of aliphatic hydroxyl groups excluding tert-OH is 1. The highest BCUT2D eigenvalue weighted by Crippen LogP contribution is 2.40. The summed E-state index contributed by atoms with van der Waals surface area (Å²) < 4.78 is 2.00. The minimum Gasteiger partial charge on any atom is -0.374 e. The summed E-state index contributed by atoms with van der Waals surface area (Å²) in [6.07, 6.45) is 5.10. The van der Waals surface area contributed by atoms with Crippen molar-refractivity contribution in [2.75, 3.05) is 11.7 Å². The Hall–Kier alpha value is -2.34. The topological polar surface area (TPSA) is 56.9 Å². The van der Waals surface area contributed by atoms with Gasteiger partial charge in [-0.1, -0.05) is 18.2 Å². The number of hydrazine groups is 1. The van der Waals surface area contributed by atoms with Gasteiger partial charge in [0, 0.05) is 5.56 Å². The van der Waals surface area contributed by atoms with Crippen LogP contribution < -0.4 is 5.01 Å². The Morgan fingerprint density at radius 3 is 3.06 bits per heavy atom. The summed E-state index contributed by atoms with van der Waals surface area (Å²) in [5.41, 5.74) is 2.19. The Morgan fingerprint density at radius 2 is 2.17 bits per heavy atom. The average molecular weight is 241 g/mol. The fourth-order valence-corrected chi connectivity index (χ4v) is 2.54. The zero-order valence-electron chi connectivity index (χ0n) is 9.51. The highest BCUT2D eigenvalue weighted by molar-refractivity contribution is 5.69. The van der Waals surface area contributed by atoms with Crippen LogP contribution in [0.25, 0.3) is 5.69 Å². The summed E-state index contributed by atoms with van der Waals surface area (Å²) in [5.74, 6) is 0.908. The number of aliphatic hydroxyl groups is 1. The Labute approximate surface area is 103 Å². The number of para-hydroxylation sites is 1. The van der Waals surface area contributed by atoms with Crippen molar-refractivity contribution in [3.05, 3.63) is 42.4 Å². The van der Waals surface area contributed by atoms with Crippen LogP contribution in [-0.4, -0.2) is 32.7 Å². The highest BCUT2D eigenvalue weighted by Gasteiger charge is 2.36. The molecule has 4 rings (SSSR count). The number of benzene rings is 1. The number of hydrogen-bond acceptors (Lipinski definition) is 5. The quantitative estimate of drug-likeness (QED) is 0.806. The largest absolute Gasteiger partial charge is 0.374 e. The molecule has 1 N–H and O–H groups in total. The van der Waals surface area contributed by atoms with Gasteiger partial charge in [0.25, 0.3) is 0 Å². The maximum atomic E-state index is 9.38. The molecule has 0 fully saturated rings. The lowest BCUT2D eigenvalue weighted by atomic mass is 10.1. The van der Waals surface area contributed by atoms with Crippen molar-refractivity contribution in [2.24, 2.45) is 4.99 Å². The van der Waals surface area contributed by atoms with Gasteiger partial charge in [-0.3, -0.25) is 4.57 Å². The third-order valence-corrected chi connectivity index (χ3v) is 3.32. The zero-order valence-corrected chi connectivity index (χ0v) is 9.51. The minimum atomic E-state index is -0.113. The number of aromatic nitrogens is 2. The Morgan fingerprint density at radius 1 is 1.28 bits per heavy atom. The van der Waals surface area contributed by atoms with E-state index in [9.17, 15) is 5.11 Å². The molecule has 0 saturated carbocycles. The molecule has 3 heterocycles. The zero-order chi connectivity index (χ0) is 12.1. The van der Waals surface area contributed by atoms with Crippen LogP contribution in [0.3, 0.4) is 0 Å². The monoisotopic (exact) mass is 241 g/mol. The summed E-state index contributed by atoms with van der Waals surface area (Å²) in [4.78, 5) is 8.64. The highest BCUT2D eigenvalue weighted by atomic mass is 16.3. The molecule has 0 amide bonds. The SMILES string of the molecule is OCN1C=NC2c3ccccc3-n3cncc3N21. The van der Waals surface area contributed by atoms with Gasteiger partial charge in [-0.15, -0.1) is 0 Å². The van der Waals surface area contributed by atoms with Crippen molar-refractivity contribution in [2.45, 2.75) is 6.17 Å². The molecular formula is C12H11N5O. The summed E-state index contributed by atoms with van der Waals surface area (Å²) >= 11 is 0.